The van der Waals surface area contributed by atoms with E-state index in [-0.39, 0.29) is 0 Å². The summed E-state index contributed by atoms with van der Waals surface area (Å²) in [5, 5.41) is 3.34. The average molecular weight is 155 g/mol. The van der Waals surface area contributed by atoms with E-state index in [0.717, 1.165) is 13.1 Å². The van der Waals surface area contributed by atoms with Gasteiger partial charge in [0, 0.05) is 6.54 Å². The van der Waals surface area contributed by atoms with E-state index in [1.54, 1.807) is 0 Å². The van der Waals surface area contributed by atoms with Crippen molar-refractivity contribution in [2.45, 2.75) is 39.5 Å². The minimum atomic E-state index is 0.978. The lowest BCUT2D eigenvalue weighted by molar-refractivity contribution is 0.616. The normalized spacial score (nSPS) is 10.0. The Morgan fingerprint density at radius 1 is 1.27 bits per heavy atom. The van der Waals surface area contributed by atoms with Gasteiger partial charge in [0.1, 0.15) is 0 Å². The van der Waals surface area contributed by atoms with E-state index in [0.29, 0.717) is 0 Å². The van der Waals surface area contributed by atoms with Gasteiger partial charge < -0.3 is 5.32 Å². The van der Waals surface area contributed by atoms with Crippen LogP contribution >= 0.6 is 0 Å². The van der Waals surface area contributed by atoms with Crippen molar-refractivity contribution in [3.05, 3.63) is 12.2 Å². The lowest BCUT2D eigenvalue weighted by Crippen LogP contribution is -2.16. The summed E-state index contributed by atoms with van der Waals surface area (Å²) in [6.45, 7) is 10.2. The second-order valence-corrected chi connectivity index (χ2v) is 3.19. The number of nitrogens with one attached hydrogen (secondary N) is 1. The summed E-state index contributed by atoms with van der Waals surface area (Å²) in [5.74, 6) is 0. The van der Waals surface area contributed by atoms with Gasteiger partial charge in [-0.05, 0) is 19.9 Å². The van der Waals surface area contributed by atoms with Crippen LogP contribution in [0.2, 0.25) is 0 Å². The van der Waals surface area contributed by atoms with Gasteiger partial charge in [-0.25, -0.2) is 0 Å². The molecule has 1 N–H and O–H groups in total. The SMILES string of the molecule is C=C(C)CNCCCCCC. The molecule has 11 heavy (non-hydrogen) atoms. The van der Waals surface area contributed by atoms with Gasteiger partial charge in [-0.1, -0.05) is 38.3 Å². The number of hydrogen-bond acceptors (Lipinski definition) is 1. The Balaban J connectivity index is 2.85. The van der Waals surface area contributed by atoms with Crippen molar-refractivity contribution < 1.29 is 0 Å². The summed E-state index contributed by atoms with van der Waals surface area (Å²) in [5.41, 5.74) is 1.22. The largest absolute Gasteiger partial charge is 0.313 e. The minimum Gasteiger partial charge on any atom is -0.313 e. The average Bonchev–Trinajstić information content (AvgIpc) is 1.96. The first kappa shape index (κ1) is 10.7. The topological polar surface area (TPSA) is 12.0 Å². The summed E-state index contributed by atoms with van der Waals surface area (Å²) < 4.78 is 0. The Labute approximate surface area is 70.9 Å². The smallest absolute Gasteiger partial charge is 0.0159 e. The third kappa shape index (κ3) is 9.70. The molecule has 0 aliphatic rings. The number of hydrogen-bond donors (Lipinski definition) is 1. The number of rotatable bonds is 7. The molecule has 0 atom stereocenters. The van der Waals surface area contributed by atoms with Gasteiger partial charge in [0.05, 0.1) is 0 Å². The lowest BCUT2D eigenvalue weighted by Gasteiger charge is -2.02. The van der Waals surface area contributed by atoms with Crippen molar-refractivity contribution in [3.63, 3.8) is 0 Å². The van der Waals surface area contributed by atoms with Crippen LogP contribution in [0, 0.1) is 0 Å². The summed E-state index contributed by atoms with van der Waals surface area (Å²) in [6.07, 6.45) is 5.36. The molecule has 0 radical (unpaired) electrons. The summed E-state index contributed by atoms with van der Waals surface area (Å²) in [4.78, 5) is 0. The fourth-order valence-electron chi connectivity index (χ4n) is 0.979. The minimum absolute atomic E-state index is 0.978. The Morgan fingerprint density at radius 3 is 2.55 bits per heavy atom. The lowest BCUT2D eigenvalue weighted by atomic mass is 10.2. The van der Waals surface area contributed by atoms with E-state index in [2.05, 4.69) is 25.7 Å². The highest BCUT2D eigenvalue weighted by Crippen LogP contribution is 1.96. The van der Waals surface area contributed by atoms with Crippen molar-refractivity contribution in [1.82, 2.24) is 5.32 Å². The second-order valence-electron chi connectivity index (χ2n) is 3.19. The Bertz CT molecular complexity index is 97.0. The molecule has 0 saturated heterocycles. The zero-order chi connectivity index (χ0) is 8.53. The molecule has 0 saturated carbocycles. The van der Waals surface area contributed by atoms with Crippen LogP contribution in [0.1, 0.15) is 39.5 Å². The van der Waals surface area contributed by atoms with E-state index < -0.39 is 0 Å². The third-order valence-corrected chi connectivity index (χ3v) is 1.63. The van der Waals surface area contributed by atoms with Crippen LogP contribution in [0.3, 0.4) is 0 Å². The molecule has 0 aliphatic heterocycles. The van der Waals surface area contributed by atoms with Crippen LogP contribution in [-0.2, 0) is 0 Å². The van der Waals surface area contributed by atoms with Crippen LogP contribution in [-0.4, -0.2) is 13.1 Å². The fraction of sp³-hybridized carbons (Fsp3) is 0.800. The van der Waals surface area contributed by atoms with Crippen molar-refractivity contribution in [1.29, 1.82) is 0 Å². The monoisotopic (exact) mass is 155 g/mol. The van der Waals surface area contributed by atoms with Crippen molar-refractivity contribution >= 4 is 0 Å². The molecule has 0 spiro atoms. The first-order chi connectivity index (χ1) is 5.27. The Hall–Kier alpha value is -0.300. The first-order valence-corrected chi connectivity index (χ1v) is 4.62. The van der Waals surface area contributed by atoms with Gasteiger partial charge in [-0.15, -0.1) is 0 Å². The molecule has 0 rings (SSSR count). The van der Waals surface area contributed by atoms with Gasteiger partial charge in [0.2, 0.25) is 0 Å². The van der Waals surface area contributed by atoms with Gasteiger partial charge in [-0.2, -0.15) is 0 Å². The standard InChI is InChI=1S/C10H21N/c1-4-5-6-7-8-11-9-10(2)3/h11H,2,4-9H2,1,3H3. The van der Waals surface area contributed by atoms with E-state index >= 15 is 0 Å². The van der Waals surface area contributed by atoms with Crippen LogP contribution in [0.4, 0.5) is 0 Å². The molecule has 1 heteroatoms. The fourth-order valence-corrected chi connectivity index (χ4v) is 0.979. The number of unbranched alkanes of at least 4 members (excludes halogenated alkanes) is 3. The van der Waals surface area contributed by atoms with E-state index in [1.807, 2.05) is 0 Å². The van der Waals surface area contributed by atoms with Crippen molar-refractivity contribution in [2.24, 2.45) is 0 Å². The van der Waals surface area contributed by atoms with Gasteiger partial charge >= 0.3 is 0 Å². The Kier molecular flexibility index (Phi) is 7.59. The molecule has 0 aliphatic carbocycles. The maximum atomic E-state index is 3.83. The predicted octanol–water partition coefficient (Wildman–Crippen LogP) is 2.73. The molecule has 0 fully saturated rings. The maximum absolute atomic E-state index is 3.83. The van der Waals surface area contributed by atoms with E-state index in [1.165, 1.54) is 31.3 Å². The molecule has 0 unspecified atom stereocenters. The van der Waals surface area contributed by atoms with Crippen LogP contribution in [0.15, 0.2) is 12.2 Å². The second kappa shape index (κ2) is 7.80. The highest BCUT2D eigenvalue weighted by atomic mass is 14.8. The summed E-state index contributed by atoms with van der Waals surface area (Å²) in [6, 6.07) is 0. The van der Waals surface area contributed by atoms with E-state index in [9.17, 15) is 0 Å². The van der Waals surface area contributed by atoms with Gasteiger partial charge in [-0.3, -0.25) is 0 Å². The zero-order valence-electron chi connectivity index (χ0n) is 7.95. The molecule has 0 aromatic carbocycles. The van der Waals surface area contributed by atoms with Crippen LogP contribution in [0.5, 0.6) is 0 Å². The molecule has 1 nitrogen and oxygen atoms in total. The molecule has 0 amide bonds. The molecular formula is C10H21N. The zero-order valence-corrected chi connectivity index (χ0v) is 7.95. The molecule has 0 heterocycles. The van der Waals surface area contributed by atoms with Crippen LogP contribution in [0.25, 0.3) is 0 Å². The van der Waals surface area contributed by atoms with Crippen molar-refractivity contribution in [3.8, 4) is 0 Å². The van der Waals surface area contributed by atoms with Crippen LogP contribution < -0.4 is 5.32 Å². The Morgan fingerprint density at radius 2 is 2.00 bits per heavy atom. The molecule has 0 aromatic rings. The quantitative estimate of drug-likeness (QED) is 0.440. The maximum Gasteiger partial charge on any atom is 0.0159 e. The van der Waals surface area contributed by atoms with E-state index in [4.69, 9.17) is 0 Å². The van der Waals surface area contributed by atoms with Gasteiger partial charge in [0.25, 0.3) is 0 Å². The highest BCUT2D eigenvalue weighted by Gasteiger charge is 1.87. The molecule has 0 aromatic heterocycles. The highest BCUT2D eigenvalue weighted by molar-refractivity contribution is 4.90. The third-order valence-electron chi connectivity index (χ3n) is 1.63. The predicted molar refractivity (Wildman–Crippen MR) is 51.8 cm³/mol. The summed E-state index contributed by atoms with van der Waals surface area (Å²) in [7, 11) is 0. The summed E-state index contributed by atoms with van der Waals surface area (Å²) >= 11 is 0. The molecule has 66 valence electrons. The molecular weight excluding hydrogens is 134 g/mol. The first-order valence-electron chi connectivity index (χ1n) is 4.62. The molecule has 0 bridgehead atoms. The van der Waals surface area contributed by atoms with Crippen molar-refractivity contribution in [2.75, 3.05) is 13.1 Å². The van der Waals surface area contributed by atoms with Gasteiger partial charge in [0.15, 0.2) is 0 Å².